The molecular weight excluding hydrogens is 277 g/mol. The normalized spacial score (nSPS) is 19.2. The van der Waals surface area contributed by atoms with Gasteiger partial charge >= 0.3 is 6.36 Å². The van der Waals surface area contributed by atoms with Gasteiger partial charge < -0.3 is 15.4 Å². The predicted molar refractivity (Wildman–Crippen MR) is 61.8 cm³/mol. The van der Waals surface area contributed by atoms with Crippen LogP contribution < -0.4 is 15.4 Å². The molecule has 0 spiro atoms. The molecule has 1 aliphatic rings. The van der Waals surface area contributed by atoms with Crippen LogP contribution in [0.1, 0.15) is 5.56 Å². The quantitative estimate of drug-likeness (QED) is 0.862. The molecule has 8 heteroatoms. The van der Waals surface area contributed by atoms with Crippen molar-refractivity contribution in [3.63, 3.8) is 0 Å². The molecule has 2 rings (SSSR count). The summed E-state index contributed by atoms with van der Waals surface area (Å²) >= 11 is 0. The van der Waals surface area contributed by atoms with Crippen LogP contribution in [0, 0.1) is 0 Å². The Morgan fingerprint density at radius 2 is 1.85 bits per heavy atom. The molecule has 108 valence electrons. The van der Waals surface area contributed by atoms with E-state index in [1.807, 2.05) is 0 Å². The number of piperazine rings is 1. The fourth-order valence-electron chi connectivity index (χ4n) is 1.81. The van der Waals surface area contributed by atoms with Crippen molar-refractivity contribution in [2.75, 3.05) is 6.54 Å². The zero-order valence-corrected chi connectivity index (χ0v) is 10.2. The zero-order chi connectivity index (χ0) is 14.8. The zero-order valence-electron chi connectivity index (χ0n) is 10.2. The Labute approximate surface area is 112 Å². The summed E-state index contributed by atoms with van der Waals surface area (Å²) in [6.45, 7) is -0.0618. The number of ether oxygens (including phenoxy) is 1. The average molecular weight is 288 g/mol. The average Bonchev–Trinajstić information content (AvgIpc) is 2.34. The maximum Gasteiger partial charge on any atom is 0.573 e. The van der Waals surface area contributed by atoms with Crippen LogP contribution in [0.4, 0.5) is 13.2 Å². The summed E-state index contributed by atoms with van der Waals surface area (Å²) in [5.41, 5.74) is 0.613. The third kappa shape index (κ3) is 3.87. The van der Waals surface area contributed by atoms with Gasteiger partial charge in [-0.15, -0.1) is 13.2 Å². The first kappa shape index (κ1) is 14.2. The number of carbonyl (C=O) groups is 2. The predicted octanol–water partition coefficient (Wildman–Crippen LogP) is 0.742. The van der Waals surface area contributed by atoms with Gasteiger partial charge in [-0.3, -0.25) is 9.59 Å². The second-order valence-corrected chi connectivity index (χ2v) is 4.23. The van der Waals surface area contributed by atoms with Crippen LogP contribution in [0.15, 0.2) is 24.3 Å². The molecule has 0 bridgehead atoms. The summed E-state index contributed by atoms with van der Waals surface area (Å²) in [7, 11) is 0. The highest BCUT2D eigenvalue weighted by atomic mass is 19.4. The summed E-state index contributed by atoms with van der Waals surface area (Å²) in [5, 5.41) is 4.93. The van der Waals surface area contributed by atoms with E-state index in [-0.39, 0.29) is 30.5 Å². The lowest BCUT2D eigenvalue weighted by Gasteiger charge is -2.23. The van der Waals surface area contributed by atoms with Crippen molar-refractivity contribution in [3.8, 4) is 5.75 Å². The number of halogens is 3. The van der Waals surface area contributed by atoms with Gasteiger partial charge in [-0.2, -0.15) is 0 Å². The Kier molecular flexibility index (Phi) is 3.82. The lowest BCUT2D eigenvalue weighted by Crippen LogP contribution is -2.56. The summed E-state index contributed by atoms with van der Waals surface area (Å²) < 4.78 is 39.7. The molecule has 1 saturated heterocycles. The highest BCUT2D eigenvalue weighted by Crippen LogP contribution is 2.23. The number of hydrogen-bond acceptors (Lipinski definition) is 3. The second kappa shape index (κ2) is 5.40. The maximum absolute atomic E-state index is 12.0. The Morgan fingerprint density at radius 1 is 1.20 bits per heavy atom. The van der Waals surface area contributed by atoms with Gasteiger partial charge in [0.1, 0.15) is 11.8 Å². The second-order valence-electron chi connectivity index (χ2n) is 4.23. The van der Waals surface area contributed by atoms with Crippen molar-refractivity contribution in [1.82, 2.24) is 10.6 Å². The van der Waals surface area contributed by atoms with Gasteiger partial charge in [0.25, 0.3) is 0 Å². The van der Waals surface area contributed by atoms with Gasteiger partial charge in [0.15, 0.2) is 0 Å². The van der Waals surface area contributed by atoms with Crippen molar-refractivity contribution in [2.45, 2.75) is 18.8 Å². The number of benzene rings is 1. The third-order valence-corrected chi connectivity index (χ3v) is 2.67. The SMILES string of the molecule is O=C1CNC(=O)C(Cc2ccc(OC(F)(F)F)cc2)N1. The first-order valence-corrected chi connectivity index (χ1v) is 5.75. The molecule has 2 amide bonds. The van der Waals surface area contributed by atoms with Gasteiger partial charge in [-0.1, -0.05) is 12.1 Å². The molecular formula is C12H11F3N2O3. The van der Waals surface area contributed by atoms with Crippen molar-refractivity contribution < 1.29 is 27.5 Å². The van der Waals surface area contributed by atoms with Crippen LogP contribution in [0.5, 0.6) is 5.75 Å². The van der Waals surface area contributed by atoms with Crippen molar-refractivity contribution >= 4 is 11.8 Å². The van der Waals surface area contributed by atoms with Gasteiger partial charge in [0, 0.05) is 6.42 Å². The first-order valence-electron chi connectivity index (χ1n) is 5.75. The van der Waals surface area contributed by atoms with E-state index in [1.165, 1.54) is 12.1 Å². The van der Waals surface area contributed by atoms with E-state index in [0.29, 0.717) is 5.56 Å². The minimum atomic E-state index is -4.74. The first-order chi connectivity index (χ1) is 9.33. The van der Waals surface area contributed by atoms with Crippen LogP contribution >= 0.6 is 0 Å². The summed E-state index contributed by atoms with van der Waals surface area (Å²) in [4.78, 5) is 22.6. The summed E-state index contributed by atoms with van der Waals surface area (Å²) in [5.74, 6) is -0.953. The molecule has 1 heterocycles. The van der Waals surface area contributed by atoms with Crippen molar-refractivity contribution in [3.05, 3.63) is 29.8 Å². The smallest absolute Gasteiger partial charge is 0.406 e. The molecule has 1 aliphatic heterocycles. The van der Waals surface area contributed by atoms with E-state index in [4.69, 9.17) is 0 Å². The lowest BCUT2D eigenvalue weighted by molar-refractivity contribution is -0.274. The molecule has 1 aromatic rings. The van der Waals surface area contributed by atoms with Crippen LogP contribution in [-0.4, -0.2) is 30.8 Å². The number of nitrogens with one attached hydrogen (secondary N) is 2. The molecule has 0 aliphatic carbocycles. The van der Waals surface area contributed by atoms with E-state index in [2.05, 4.69) is 15.4 Å². The van der Waals surface area contributed by atoms with E-state index in [9.17, 15) is 22.8 Å². The fourth-order valence-corrected chi connectivity index (χ4v) is 1.81. The molecule has 0 saturated carbocycles. The lowest BCUT2D eigenvalue weighted by atomic mass is 10.0. The van der Waals surface area contributed by atoms with E-state index >= 15 is 0 Å². The van der Waals surface area contributed by atoms with Crippen LogP contribution in [0.3, 0.4) is 0 Å². The van der Waals surface area contributed by atoms with Crippen LogP contribution in [0.2, 0.25) is 0 Å². The number of rotatable bonds is 3. The minimum absolute atomic E-state index is 0.0618. The van der Waals surface area contributed by atoms with Gasteiger partial charge in [-0.25, -0.2) is 0 Å². The number of amides is 2. The Hall–Kier alpha value is -2.25. The molecule has 5 nitrogen and oxygen atoms in total. The van der Waals surface area contributed by atoms with E-state index in [0.717, 1.165) is 12.1 Å². The monoisotopic (exact) mass is 288 g/mol. The number of hydrogen-bond donors (Lipinski definition) is 2. The molecule has 0 radical (unpaired) electrons. The minimum Gasteiger partial charge on any atom is -0.406 e. The van der Waals surface area contributed by atoms with Gasteiger partial charge in [0.05, 0.1) is 6.54 Å². The Morgan fingerprint density at radius 3 is 2.45 bits per heavy atom. The molecule has 1 unspecified atom stereocenters. The number of carbonyl (C=O) groups excluding carboxylic acids is 2. The summed E-state index contributed by atoms with van der Waals surface area (Å²) in [6.07, 6.45) is -4.54. The Bertz CT molecular complexity index is 514. The maximum atomic E-state index is 12.0. The highest BCUT2D eigenvalue weighted by molar-refractivity contribution is 5.94. The van der Waals surface area contributed by atoms with Crippen LogP contribution in [0.25, 0.3) is 0 Å². The van der Waals surface area contributed by atoms with Crippen LogP contribution in [-0.2, 0) is 16.0 Å². The largest absolute Gasteiger partial charge is 0.573 e. The Balaban J connectivity index is 2.00. The molecule has 1 atom stereocenters. The van der Waals surface area contributed by atoms with E-state index in [1.54, 1.807) is 0 Å². The van der Waals surface area contributed by atoms with Gasteiger partial charge in [0.2, 0.25) is 11.8 Å². The van der Waals surface area contributed by atoms with E-state index < -0.39 is 12.4 Å². The third-order valence-electron chi connectivity index (χ3n) is 2.67. The standard InChI is InChI=1S/C12H11F3N2O3/c13-12(14,15)20-8-3-1-7(2-4-8)5-9-11(19)16-6-10(18)17-9/h1-4,9H,5-6H2,(H,16,19)(H,17,18). The summed E-state index contributed by atoms with van der Waals surface area (Å²) in [6, 6.07) is 4.42. The molecule has 0 aromatic heterocycles. The molecule has 1 fully saturated rings. The molecule has 2 N–H and O–H groups in total. The van der Waals surface area contributed by atoms with Crippen molar-refractivity contribution in [2.24, 2.45) is 0 Å². The highest BCUT2D eigenvalue weighted by Gasteiger charge is 2.31. The molecule has 1 aromatic carbocycles. The number of alkyl halides is 3. The van der Waals surface area contributed by atoms with Crippen molar-refractivity contribution in [1.29, 1.82) is 0 Å². The topological polar surface area (TPSA) is 67.4 Å². The fraction of sp³-hybridized carbons (Fsp3) is 0.333. The van der Waals surface area contributed by atoms with Gasteiger partial charge in [-0.05, 0) is 17.7 Å². The molecule has 20 heavy (non-hydrogen) atoms.